The van der Waals surface area contributed by atoms with Crippen LogP contribution in [0.4, 0.5) is 0 Å². The van der Waals surface area contributed by atoms with Gasteiger partial charge in [-0.2, -0.15) is 0 Å². The molecule has 29 heavy (non-hydrogen) atoms. The highest BCUT2D eigenvalue weighted by atomic mass is 35.5. The van der Waals surface area contributed by atoms with Crippen LogP contribution in [-0.4, -0.2) is 11.5 Å². The zero-order valence-electron chi connectivity index (χ0n) is 15.7. The average molecular weight is 420 g/mol. The van der Waals surface area contributed by atoms with Crippen molar-refractivity contribution in [2.75, 3.05) is 0 Å². The second-order valence-electron chi connectivity index (χ2n) is 6.65. The lowest BCUT2D eigenvalue weighted by molar-refractivity contribution is 0.1000. The molecule has 4 heteroatoms. The molecular formula is C25H19Cl2NO. The van der Waals surface area contributed by atoms with E-state index in [0.717, 1.165) is 11.1 Å². The lowest BCUT2D eigenvalue weighted by Crippen LogP contribution is -2.11. The minimum Gasteiger partial charge on any atom is -0.309 e. The van der Waals surface area contributed by atoms with Crippen LogP contribution in [0, 0.1) is 17.3 Å². The van der Waals surface area contributed by atoms with E-state index in [1.54, 1.807) is 24.3 Å². The number of halogens is 2. The van der Waals surface area contributed by atoms with E-state index in [9.17, 15) is 4.79 Å². The number of hydrogen-bond donors (Lipinski definition) is 1. The van der Waals surface area contributed by atoms with E-state index in [1.807, 2.05) is 54.6 Å². The van der Waals surface area contributed by atoms with Crippen molar-refractivity contribution in [3.05, 3.63) is 106 Å². The first kappa shape index (κ1) is 20.9. The van der Waals surface area contributed by atoms with Gasteiger partial charge in [0.05, 0.1) is 5.92 Å². The molecule has 3 rings (SSSR count). The highest BCUT2D eigenvalue weighted by Gasteiger charge is 2.15. The standard InChI is InChI=1S/C25H19Cl2NO/c26-22-12-8-19(9-13-22)21(7-6-18-4-2-1-3-5-18)16-24(28)17-25(29)20-10-14-23(27)15-11-20/h1-5,8-15,21,28H,16-17H2. The number of nitrogens with one attached hydrogen (secondary N) is 1. The highest BCUT2D eigenvalue weighted by Crippen LogP contribution is 2.23. The van der Waals surface area contributed by atoms with Gasteiger partial charge in [0, 0.05) is 39.7 Å². The van der Waals surface area contributed by atoms with Gasteiger partial charge in [-0.25, -0.2) is 0 Å². The number of carbonyl (C=O) groups excluding carboxylic acids is 1. The molecule has 3 aromatic rings. The lowest BCUT2D eigenvalue weighted by Gasteiger charge is -2.12. The van der Waals surface area contributed by atoms with Crippen molar-refractivity contribution in [2.24, 2.45) is 0 Å². The Hall–Kier alpha value is -2.86. The quantitative estimate of drug-likeness (QED) is 0.266. The van der Waals surface area contributed by atoms with E-state index in [1.165, 1.54) is 0 Å². The van der Waals surface area contributed by atoms with Crippen molar-refractivity contribution in [3.63, 3.8) is 0 Å². The number of benzene rings is 3. The first-order valence-electron chi connectivity index (χ1n) is 9.18. The molecule has 0 fully saturated rings. The van der Waals surface area contributed by atoms with Crippen LogP contribution >= 0.6 is 23.2 Å². The fraction of sp³-hybridized carbons (Fsp3) is 0.120. The first-order valence-corrected chi connectivity index (χ1v) is 9.94. The summed E-state index contributed by atoms with van der Waals surface area (Å²) in [4.78, 5) is 12.5. The molecule has 0 saturated carbocycles. The number of Topliss-reactive ketones (excluding diaryl/α,β-unsaturated/α-hetero) is 1. The van der Waals surface area contributed by atoms with Crippen molar-refractivity contribution >= 4 is 34.7 Å². The van der Waals surface area contributed by atoms with Crippen molar-refractivity contribution in [1.29, 1.82) is 5.41 Å². The summed E-state index contributed by atoms with van der Waals surface area (Å²) >= 11 is 11.9. The monoisotopic (exact) mass is 419 g/mol. The van der Waals surface area contributed by atoms with Crippen molar-refractivity contribution in [3.8, 4) is 11.8 Å². The summed E-state index contributed by atoms with van der Waals surface area (Å²) in [5.41, 5.74) is 2.78. The molecule has 0 aromatic heterocycles. The highest BCUT2D eigenvalue weighted by molar-refractivity contribution is 6.31. The number of carbonyl (C=O) groups is 1. The van der Waals surface area contributed by atoms with Gasteiger partial charge >= 0.3 is 0 Å². The van der Waals surface area contributed by atoms with Gasteiger partial charge in [-0.05, 0) is 54.1 Å². The molecule has 2 nitrogen and oxygen atoms in total. The molecule has 0 aliphatic carbocycles. The SMILES string of the molecule is N=C(CC(=O)c1ccc(Cl)cc1)CC(C#Cc1ccccc1)c1ccc(Cl)cc1. The Morgan fingerprint density at radius 1 is 0.862 bits per heavy atom. The van der Waals surface area contributed by atoms with Crippen molar-refractivity contribution < 1.29 is 4.79 Å². The zero-order chi connectivity index (χ0) is 20.6. The summed E-state index contributed by atoms with van der Waals surface area (Å²) in [6.45, 7) is 0. The topological polar surface area (TPSA) is 40.9 Å². The molecule has 1 atom stereocenters. The van der Waals surface area contributed by atoms with Gasteiger partial charge < -0.3 is 5.41 Å². The second kappa shape index (κ2) is 10.1. The van der Waals surface area contributed by atoms with Crippen LogP contribution in [-0.2, 0) is 0 Å². The van der Waals surface area contributed by atoms with Crippen LogP contribution in [0.1, 0.15) is 40.2 Å². The largest absolute Gasteiger partial charge is 0.309 e. The predicted octanol–water partition coefficient (Wildman–Crippen LogP) is 6.81. The summed E-state index contributed by atoms with van der Waals surface area (Å²) in [5, 5.41) is 9.60. The Kier molecular flexibility index (Phi) is 7.25. The Morgan fingerprint density at radius 2 is 1.45 bits per heavy atom. The number of hydrogen-bond acceptors (Lipinski definition) is 2. The van der Waals surface area contributed by atoms with Crippen LogP contribution in [0.3, 0.4) is 0 Å². The Morgan fingerprint density at radius 3 is 2.07 bits per heavy atom. The van der Waals surface area contributed by atoms with Crippen LogP contribution < -0.4 is 0 Å². The molecule has 0 heterocycles. The minimum absolute atomic E-state index is 0.0543. The van der Waals surface area contributed by atoms with E-state index in [2.05, 4.69) is 11.8 Å². The maximum Gasteiger partial charge on any atom is 0.168 e. The molecule has 1 N–H and O–H groups in total. The number of rotatable bonds is 6. The Bertz CT molecular complexity index is 1050. The smallest absolute Gasteiger partial charge is 0.168 e. The van der Waals surface area contributed by atoms with Crippen molar-refractivity contribution in [2.45, 2.75) is 18.8 Å². The molecule has 1 unspecified atom stereocenters. The molecule has 0 aliphatic rings. The van der Waals surface area contributed by atoms with E-state index >= 15 is 0 Å². The van der Waals surface area contributed by atoms with Crippen molar-refractivity contribution in [1.82, 2.24) is 0 Å². The summed E-state index contributed by atoms with van der Waals surface area (Å²) in [5.74, 6) is 6.14. The molecule has 0 radical (unpaired) electrons. The molecule has 0 saturated heterocycles. The van der Waals surface area contributed by atoms with Gasteiger partial charge in [0.15, 0.2) is 5.78 Å². The molecular weight excluding hydrogens is 401 g/mol. The lowest BCUT2D eigenvalue weighted by atomic mass is 9.91. The first-order chi connectivity index (χ1) is 14.0. The maximum absolute atomic E-state index is 12.5. The van der Waals surface area contributed by atoms with Gasteiger partial charge in [-0.15, -0.1) is 0 Å². The minimum atomic E-state index is -0.196. The third kappa shape index (κ3) is 6.32. The van der Waals surface area contributed by atoms with E-state index < -0.39 is 0 Å². The Balaban J connectivity index is 1.76. The van der Waals surface area contributed by atoms with Crippen LogP contribution in [0.5, 0.6) is 0 Å². The molecule has 144 valence electrons. The summed E-state index contributed by atoms with van der Waals surface area (Å²) in [6, 6.07) is 23.9. The fourth-order valence-corrected chi connectivity index (χ4v) is 3.14. The van der Waals surface area contributed by atoms with Gasteiger partial charge in [0.25, 0.3) is 0 Å². The summed E-state index contributed by atoms with van der Waals surface area (Å²) < 4.78 is 0. The van der Waals surface area contributed by atoms with Gasteiger partial charge in [0.2, 0.25) is 0 Å². The van der Waals surface area contributed by atoms with E-state index in [0.29, 0.717) is 27.7 Å². The van der Waals surface area contributed by atoms with Crippen LogP contribution in [0.15, 0.2) is 78.9 Å². The molecule has 0 amide bonds. The molecule has 0 spiro atoms. The van der Waals surface area contributed by atoms with Gasteiger partial charge in [-0.1, -0.05) is 65.4 Å². The second-order valence-corrected chi connectivity index (χ2v) is 7.53. The van der Waals surface area contributed by atoms with E-state index in [-0.39, 0.29) is 18.1 Å². The molecule has 0 bridgehead atoms. The Labute approximate surface area is 181 Å². The normalized spacial score (nSPS) is 11.2. The maximum atomic E-state index is 12.5. The van der Waals surface area contributed by atoms with Gasteiger partial charge in [0.1, 0.15) is 0 Å². The van der Waals surface area contributed by atoms with E-state index in [4.69, 9.17) is 28.6 Å². The van der Waals surface area contributed by atoms with Gasteiger partial charge in [-0.3, -0.25) is 4.79 Å². The van der Waals surface area contributed by atoms with Crippen LogP contribution in [0.2, 0.25) is 10.0 Å². The average Bonchev–Trinajstić information content (AvgIpc) is 2.73. The summed E-state index contributed by atoms with van der Waals surface area (Å²) in [6.07, 6.45) is 0.430. The third-order valence-corrected chi connectivity index (χ3v) is 4.93. The number of ketones is 1. The molecule has 0 aliphatic heterocycles. The fourth-order valence-electron chi connectivity index (χ4n) is 2.89. The van der Waals surface area contributed by atoms with Crippen LogP contribution in [0.25, 0.3) is 0 Å². The predicted molar refractivity (Wildman–Crippen MR) is 120 cm³/mol. The third-order valence-electron chi connectivity index (χ3n) is 4.43. The zero-order valence-corrected chi connectivity index (χ0v) is 17.2. The molecule has 3 aromatic carbocycles. The summed E-state index contributed by atoms with van der Waals surface area (Å²) in [7, 11) is 0.